The molecule has 0 unspecified atom stereocenters. The molecule has 2 aliphatic heterocycles. The summed E-state index contributed by atoms with van der Waals surface area (Å²) in [4.78, 5) is 19.5. The maximum Gasteiger partial charge on any atom is 0.249 e. The molecule has 0 aliphatic carbocycles. The molecule has 2 aliphatic rings. The van der Waals surface area contributed by atoms with E-state index < -0.39 is 9.84 Å². The molecule has 0 aromatic carbocycles. The SMILES string of the molecule is CS(=O)(=O)c1nc(-c2cnc(N)c(Cc3ccccn3)c2)cc(N2C[C@@H]3C[C@H]2CO3)n1. The van der Waals surface area contributed by atoms with E-state index in [4.69, 9.17) is 10.5 Å². The number of sulfone groups is 1. The summed E-state index contributed by atoms with van der Waals surface area (Å²) in [5, 5.41) is -0.202. The Labute approximate surface area is 180 Å². The number of hydrogen-bond donors (Lipinski definition) is 1. The van der Waals surface area contributed by atoms with Crippen molar-refractivity contribution >= 4 is 21.5 Å². The van der Waals surface area contributed by atoms with Gasteiger partial charge in [0.15, 0.2) is 0 Å². The Bertz CT molecular complexity index is 1240. The van der Waals surface area contributed by atoms with Crippen molar-refractivity contribution in [3.8, 4) is 11.3 Å². The lowest BCUT2D eigenvalue weighted by molar-refractivity contribution is 0.0988. The Balaban J connectivity index is 1.56. The number of ether oxygens (including phenoxy) is 1. The minimum absolute atomic E-state index is 0.160. The molecule has 160 valence electrons. The van der Waals surface area contributed by atoms with E-state index in [2.05, 4.69) is 24.8 Å². The smallest absolute Gasteiger partial charge is 0.249 e. The predicted octanol–water partition coefficient (Wildman–Crippen LogP) is 1.49. The molecule has 5 rings (SSSR count). The average Bonchev–Trinajstić information content (AvgIpc) is 3.39. The second kappa shape index (κ2) is 7.54. The molecule has 10 heteroatoms. The van der Waals surface area contributed by atoms with Crippen LogP contribution in [0.1, 0.15) is 17.7 Å². The number of nitrogens with two attached hydrogens (primary N) is 1. The largest absolute Gasteiger partial charge is 0.383 e. The summed E-state index contributed by atoms with van der Waals surface area (Å²) in [5.74, 6) is 0.991. The van der Waals surface area contributed by atoms with E-state index in [1.807, 2.05) is 30.3 Å². The topological polar surface area (TPSA) is 124 Å². The van der Waals surface area contributed by atoms with Crippen LogP contribution in [0.25, 0.3) is 11.3 Å². The van der Waals surface area contributed by atoms with Gasteiger partial charge in [-0.3, -0.25) is 4.98 Å². The van der Waals surface area contributed by atoms with Crippen LogP contribution in [-0.2, 0) is 21.0 Å². The van der Waals surface area contributed by atoms with Gasteiger partial charge in [0, 0.05) is 54.5 Å². The van der Waals surface area contributed by atoms with Crippen LogP contribution in [0.15, 0.2) is 47.9 Å². The van der Waals surface area contributed by atoms with Crippen LogP contribution in [0.2, 0.25) is 0 Å². The molecular weight excluding hydrogens is 416 g/mol. The molecule has 0 radical (unpaired) electrons. The molecule has 0 amide bonds. The number of rotatable bonds is 5. The van der Waals surface area contributed by atoms with Crippen molar-refractivity contribution in [1.82, 2.24) is 19.9 Å². The van der Waals surface area contributed by atoms with Crippen LogP contribution in [0, 0.1) is 0 Å². The van der Waals surface area contributed by atoms with E-state index in [0.717, 1.165) is 23.9 Å². The summed E-state index contributed by atoms with van der Waals surface area (Å²) < 4.78 is 30.3. The maximum absolute atomic E-state index is 12.3. The maximum atomic E-state index is 12.3. The van der Waals surface area contributed by atoms with Crippen molar-refractivity contribution in [1.29, 1.82) is 0 Å². The molecule has 3 aromatic rings. The van der Waals surface area contributed by atoms with Gasteiger partial charge in [-0.2, -0.15) is 0 Å². The Morgan fingerprint density at radius 1 is 1.23 bits per heavy atom. The van der Waals surface area contributed by atoms with Gasteiger partial charge in [-0.25, -0.2) is 23.4 Å². The van der Waals surface area contributed by atoms with Crippen molar-refractivity contribution in [3.63, 3.8) is 0 Å². The molecule has 3 aromatic heterocycles. The van der Waals surface area contributed by atoms with Gasteiger partial charge < -0.3 is 15.4 Å². The summed E-state index contributed by atoms with van der Waals surface area (Å²) >= 11 is 0. The molecule has 9 nitrogen and oxygen atoms in total. The minimum atomic E-state index is -3.60. The first-order valence-corrected chi connectivity index (χ1v) is 11.9. The quantitative estimate of drug-likeness (QED) is 0.590. The lowest BCUT2D eigenvalue weighted by Crippen LogP contribution is -2.37. The summed E-state index contributed by atoms with van der Waals surface area (Å²) in [5.41, 5.74) is 8.92. The fraction of sp³-hybridized carbons (Fsp3) is 0.333. The highest BCUT2D eigenvalue weighted by molar-refractivity contribution is 7.90. The monoisotopic (exact) mass is 438 g/mol. The van der Waals surface area contributed by atoms with Gasteiger partial charge in [-0.15, -0.1) is 0 Å². The third-order valence-electron chi connectivity index (χ3n) is 5.61. The van der Waals surface area contributed by atoms with Crippen LogP contribution in [0.5, 0.6) is 0 Å². The van der Waals surface area contributed by atoms with Gasteiger partial charge in [-0.1, -0.05) is 6.07 Å². The van der Waals surface area contributed by atoms with Crippen molar-refractivity contribution < 1.29 is 13.2 Å². The van der Waals surface area contributed by atoms with Crippen molar-refractivity contribution in [3.05, 3.63) is 54.0 Å². The molecular formula is C21H22N6O3S. The Morgan fingerprint density at radius 2 is 2.10 bits per heavy atom. The van der Waals surface area contributed by atoms with Gasteiger partial charge in [-0.05, 0) is 24.6 Å². The Hall–Kier alpha value is -3.11. The Kier molecular flexibility index (Phi) is 4.82. The number of hydrogen-bond acceptors (Lipinski definition) is 9. The van der Waals surface area contributed by atoms with Crippen LogP contribution >= 0.6 is 0 Å². The van der Waals surface area contributed by atoms with Crippen molar-refractivity contribution in [2.75, 3.05) is 30.0 Å². The first-order chi connectivity index (χ1) is 14.9. The molecule has 31 heavy (non-hydrogen) atoms. The van der Waals surface area contributed by atoms with Crippen molar-refractivity contribution in [2.24, 2.45) is 0 Å². The van der Waals surface area contributed by atoms with Crippen LogP contribution < -0.4 is 10.6 Å². The zero-order valence-corrected chi connectivity index (χ0v) is 17.8. The molecule has 0 saturated carbocycles. The highest BCUT2D eigenvalue weighted by atomic mass is 32.2. The first kappa shape index (κ1) is 19.8. The fourth-order valence-corrected chi connectivity index (χ4v) is 4.58. The molecule has 5 heterocycles. The molecule has 2 atom stereocenters. The molecule has 0 spiro atoms. The van der Waals surface area contributed by atoms with E-state index in [1.165, 1.54) is 0 Å². The normalized spacial score (nSPS) is 20.4. The van der Waals surface area contributed by atoms with Crippen LogP contribution in [0.3, 0.4) is 0 Å². The number of anilines is 2. The zero-order chi connectivity index (χ0) is 21.6. The van der Waals surface area contributed by atoms with E-state index >= 15 is 0 Å². The fourth-order valence-electron chi connectivity index (χ4n) is 4.05. The number of pyridine rings is 2. The van der Waals surface area contributed by atoms with E-state index in [0.29, 0.717) is 42.5 Å². The first-order valence-electron chi connectivity index (χ1n) is 9.99. The number of nitrogen functional groups attached to an aromatic ring is 1. The highest BCUT2D eigenvalue weighted by Gasteiger charge is 2.40. The second-order valence-corrected chi connectivity index (χ2v) is 9.84. The summed E-state index contributed by atoms with van der Waals surface area (Å²) in [6.07, 6.45) is 6.04. The molecule has 2 N–H and O–H groups in total. The number of nitrogens with zero attached hydrogens (tertiary/aromatic N) is 5. The van der Waals surface area contributed by atoms with Crippen LogP contribution in [-0.4, -0.2) is 59.9 Å². The standard InChI is InChI=1S/C21H22N6O3S/c1-31(28,29)21-25-18(9-19(26-21)27-11-17-8-16(27)12-30-17)14-6-13(20(22)24-10-14)7-15-4-2-3-5-23-15/h2-6,9-10,16-17H,7-8,11-12H2,1H3,(H2,22,24)/t16-,17-/m0/s1. The lowest BCUT2D eigenvalue weighted by Gasteiger charge is -2.28. The van der Waals surface area contributed by atoms with Gasteiger partial charge in [0.1, 0.15) is 11.6 Å². The van der Waals surface area contributed by atoms with Crippen molar-refractivity contribution in [2.45, 2.75) is 30.1 Å². The summed E-state index contributed by atoms with van der Waals surface area (Å²) in [6.45, 7) is 1.31. The number of fused-ring (bicyclic) bond motifs is 2. The average molecular weight is 439 g/mol. The summed E-state index contributed by atoms with van der Waals surface area (Å²) in [7, 11) is -3.60. The third kappa shape index (κ3) is 3.96. The molecule has 2 bridgehead atoms. The number of morpholine rings is 1. The van der Waals surface area contributed by atoms with Gasteiger partial charge in [0.05, 0.1) is 24.4 Å². The van der Waals surface area contributed by atoms with E-state index in [9.17, 15) is 8.42 Å². The van der Waals surface area contributed by atoms with Gasteiger partial charge >= 0.3 is 0 Å². The molecule has 2 saturated heterocycles. The summed E-state index contributed by atoms with van der Waals surface area (Å²) in [6, 6.07) is 9.58. The lowest BCUT2D eigenvalue weighted by atomic mass is 10.1. The second-order valence-electron chi connectivity index (χ2n) is 7.93. The van der Waals surface area contributed by atoms with E-state index in [-0.39, 0.29) is 17.3 Å². The third-order valence-corrected chi connectivity index (χ3v) is 6.46. The minimum Gasteiger partial charge on any atom is -0.383 e. The zero-order valence-electron chi connectivity index (χ0n) is 17.0. The molecule has 2 fully saturated rings. The highest BCUT2D eigenvalue weighted by Crippen LogP contribution is 2.34. The Morgan fingerprint density at radius 3 is 2.77 bits per heavy atom. The van der Waals surface area contributed by atoms with Crippen LogP contribution in [0.4, 0.5) is 11.6 Å². The van der Waals surface area contributed by atoms with Gasteiger partial charge in [0.25, 0.3) is 0 Å². The predicted molar refractivity (Wildman–Crippen MR) is 115 cm³/mol. The van der Waals surface area contributed by atoms with Gasteiger partial charge in [0.2, 0.25) is 15.0 Å². The number of aromatic nitrogens is 4. The van der Waals surface area contributed by atoms with E-state index in [1.54, 1.807) is 12.4 Å².